The quantitative estimate of drug-likeness (QED) is 0.671. The highest BCUT2D eigenvalue weighted by Gasteiger charge is 2.27. The Hall–Kier alpha value is -0.560. The van der Waals surface area contributed by atoms with Crippen molar-refractivity contribution in [2.75, 3.05) is 5.75 Å². The maximum absolute atomic E-state index is 11.4. The molecule has 0 saturated carbocycles. The first kappa shape index (κ1) is 11.4. The van der Waals surface area contributed by atoms with Crippen LogP contribution >= 0.6 is 0 Å². The fraction of sp³-hybridized carbons (Fsp3) is 0.875. The summed E-state index contributed by atoms with van der Waals surface area (Å²) >= 11 is 0. The summed E-state index contributed by atoms with van der Waals surface area (Å²) in [6.45, 7) is 5.30. The van der Waals surface area contributed by atoms with Crippen LogP contribution in [0, 0.1) is 17.2 Å². The zero-order valence-electron chi connectivity index (χ0n) is 7.74. The van der Waals surface area contributed by atoms with E-state index in [9.17, 15) is 8.42 Å². The van der Waals surface area contributed by atoms with Gasteiger partial charge in [-0.05, 0) is 12.3 Å². The van der Waals surface area contributed by atoms with Gasteiger partial charge in [-0.25, -0.2) is 8.42 Å². The maximum Gasteiger partial charge on any atom is 0.166 e. The van der Waals surface area contributed by atoms with Crippen molar-refractivity contribution in [2.24, 2.45) is 5.92 Å². The first-order valence-electron chi connectivity index (χ1n) is 4.07. The summed E-state index contributed by atoms with van der Waals surface area (Å²) in [6.07, 6.45) is 0.577. The summed E-state index contributed by atoms with van der Waals surface area (Å²) in [5.41, 5.74) is 0. The van der Waals surface area contributed by atoms with Gasteiger partial charge in [0.2, 0.25) is 0 Å². The SMILES string of the molecule is CCCS(=O)(=O)C(C#N)C(C)C. The molecular formula is C8H15NO2S. The van der Waals surface area contributed by atoms with Gasteiger partial charge < -0.3 is 0 Å². The molecule has 0 aliphatic carbocycles. The lowest BCUT2D eigenvalue weighted by Crippen LogP contribution is -2.27. The summed E-state index contributed by atoms with van der Waals surface area (Å²) in [5, 5.41) is 7.79. The average molecular weight is 189 g/mol. The van der Waals surface area contributed by atoms with Crippen molar-refractivity contribution in [3.63, 3.8) is 0 Å². The molecule has 1 unspecified atom stereocenters. The van der Waals surface area contributed by atoms with Gasteiger partial charge in [0.25, 0.3) is 0 Å². The van der Waals surface area contributed by atoms with Crippen molar-refractivity contribution >= 4 is 9.84 Å². The molecule has 0 aromatic rings. The molecule has 0 radical (unpaired) electrons. The number of nitriles is 1. The third-order valence-electron chi connectivity index (χ3n) is 1.61. The zero-order valence-corrected chi connectivity index (χ0v) is 8.56. The van der Waals surface area contributed by atoms with Gasteiger partial charge in [0.15, 0.2) is 9.84 Å². The first-order chi connectivity index (χ1) is 5.45. The van der Waals surface area contributed by atoms with Crippen LogP contribution in [0.25, 0.3) is 0 Å². The predicted octanol–water partition coefficient (Wildman–Crippen LogP) is 1.36. The molecule has 0 aromatic carbocycles. The van der Waals surface area contributed by atoms with Gasteiger partial charge in [-0.3, -0.25) is 0 Å². The third-order valence-corrected chi connectivity index (χ3v) is 4.01. The molecule has 0 spiro atoms. The molecule has 0 amide bonds. The largest absolute Gasteiger partial charge is 0.227 e. The summed E-state index contributed by atoms with van der Waals surface area (Å²) in [4.78, 5) is 0. The van der Waals surface area contributed by atoms with Gasteiger partial charge >= 0.3 is 0 Å². The van der Waals surface area contributed by atoms with Gasteiger partial charge in [0, 0.05) is 0 Å². The van der Waals surface area contributed by atoms with Crippen LogP contribution in [-0.2, 0) is 9.84 Å². The highest BCUT2D eigenvalue weighted by Crippen LogP contribution is 2.12. The van der Waals surface area contributed by atoms with E-state index < -0.39 is 15.1 Å². The molecule has 0 saturated heterocycles. The van der Waals surface area contributed by atoms with Crippen LogP contribution in [-0.4, -0.2) is 19.4 Å². The summed E-state index contributed by atoms with van der Waals surface area (Å²) in [7, 11) is -3.18. The monoisotopic (exact) mass is 189 g/mol. The van der Waals surface area contributed by atoms with E-state index in [0.29, 0.717) is 6.42 Å². The van der Waals surface area contributed by atoms with Crippen molar-refractivity contribution in [3.05, 3.63) is 0 Å². The number of hydrogen-bond donors (Lipinski definition) is 0. The Kier molecular flexibility index (Phi) is 4.25. The molecule has 0 bridgehead atoms. The van der Waals surface area contributed by atoms with E-state index in [0.717, 1.165) is 0 Å². The number of nitrogens with zero attached hydrogens (tertiary/aromatic N) is 1. The summed E-state index contributed by atoms with van der Waals surface area (Å²) < 4.78 is 22.8. The zero-order chi connectivity index (χ0) is 9.78. The number of hydrogen-bond acceptors (Lipinski definition) is 3. The molecule has 0 aromatic heterocycles. The Labute approximate surface area is 74.3 Å². The van der Waals surface area contributed by atoms with E-state index in [1.165, 1.54) is 0 Å². The predicted molar refractivity (Wildman–Crippen MR) is 48.3 cm³/mol. The topological polar surface area (TPSA) is 57.9 Å². The molecule has 0 N–H and O–H groups in total. The molecule has 70 valence electrons. The Morgan fingerprint density at radius 3 is 2.17 bits per heavy atom. The highest BCUT2D eigenvalue weighted by molar-refractivity contribution is 7.92. The smallest absolute Gasteiger partial charge is 0.166 e. The van der Waals surface area contributed by atoms with Crippen LogP contribution in [0.5, 0.6) is 0 Å². The average Bonchev–Trinajstić information content (AvgIpc) is 1.86. The molecule has 0 aliphatic heterocycles. The lowest BCUT2D eigenvalue weighted by atomic mass is 10.1. The van der Waals surface area contributed by atoms with Gasteiger partial charge in [-0.15, -0.1) is 0 Å². The van der Waals surface area contributed by atoms with Crippen molar-refractivity contribution < 1.29 is 8.42 Å². The standard InChI is InChI=1S/C8H15NO2S/c1-4-5-12(10,11)8(6-9)7(2)3/h7-8H,4-5H2,1-3H3. The third kappa shape index (κ3) is 2.82. The Balaban J connectivity index is 4.65. The number of rotatable bonds is 4. The van der Waals surface area contributed by atoms with Gasteiger partial charge in [0.05, 0.1) is 11.8 Å². The van der Waals surface area contributed by atoms with Crippen molar-refractivity contribution in [3.8, 4) is 6.07 Å². The van der Waals surface area contributed by atoms with Crippen molar-refractivity contribution in [2.45, 2.75) is 32.4 Å². The minimum atomic E-state index is -3.18. The van der Waals surface area contributed by atoms with Gasteiger partial charge in [-0.2, -0.15) is 5.26 Å². The Morgan fingerprint density at radius 1 is 1.42 bits per heavy atom. The summed E-state index contributed by atoms with van der Waals surface area (Å²) in [6, 6.07) is 1.84. The second kappa shape index (κ2) is 4.46. The minimum Gasteiger partial charge on any atom is -0.227 e. The second-order valence-electron chi connectivity index (χ2n) is 3.16. The Morgan fingerprint density at radius 2 is 1.92 bits per heavy atom. The Bertz CT molecular complexity index is 261. The maximum atomic E-state index is 11.4. The van der Waals surface area contributed by atoms with Crippen molar-refractivity contribution in [1.29, 1.82) is 5.26 Å². The van der Waals surface area contributed by atoms with E-state index in [2.05, 4.69) is 0 Å². The summed E-state index contributed by atoms with van der Waals surface area (Å²) in [5.74, 6) is -0.00444. The van der Waals surface area contributed by atoms with Crippen LogP contribution in [0.1, 0.15) is 27.2 Å². The van der Waals surface area contributed by atoms with Crippen LogP contribution in [0.3, 0.4) is 0 Å². The van der Waals surface area contributed by atoms with Gasteiger partial charge in [0.1, 0.15) is 5.25 Å². The van der Waals surface area contributed by atoms with Crippen LogP contribution in [0.4, 0.5) is 0 Å². The van der Waals surface area contributed by atoms with E-state index in [-0.39, 0.29) is 11.7 Å². The van der Waals surface area contributed by atoms with Crippen LogP contribution in [0.15, 0.2) is 0 Å². The molecule has 12 heavy (non-hydrogen) atoms. The normalized spacial score (nSPS) is 14.2. The molecule has 0 heterocycles. The molecule has 3 nitrogen and oxygen atoms in total. The van der Waals surface area contributed by atoms with Crippen molar-refractivity contribution in [1.82, 2.24) is 0 Å². The lowest BCUT2D eigenvalue weighted by Gasteiger charge is -2.12. The van der Waals surface area contributed by atoms with Gasteiger partial charge in [-0.1, -0.05) is 20.8 Å². The molecular weight excluding hydrogens is 174 g/mol. The fourth-order valence-corrected chi connectivity index (χ4v) is 2.87. The number of sulfone groups is 1. The molecule has 0 fully saturated rings. The molecule has 0 aliphatic rings. The lowest BCUT2D eigenvalue weighted by molar-refractivity contribution is 0.562. The molecule has 0 rings (SSSR count). The fourth-order valence-electron chi connectivity index (χ4n) is 1.06. The molecule has 1 atom stereocenters. The van der Waals surface area contributed by atoms with E-state index >= 15 is 0 Å². The highest BCUT2D eigenvalue weighted by atomic mass is 32.2. The van der Waals surface area contributed by atoms with E-state index in [1.807, 2.05) is 6.07 Å². The van der Waals surface area contributed by atoms with Crippen LogP contribution in [0.2, 0.25) is 0 Å². The first-order valence-corrected chi connectivity index (χ1v) is 5.78. The second-order valence-corrected chi connectivity index (χ2v) is 5.40. The van der Waals surface area contributed by atoms with E-state index in [4.69, 9.17) is 5.26 Å². The minimum absolute atomic E-state index is 0.114. The van der Waals surface area contributed by atoms with E-state index in [1.54, 1.807) is 20.8 Å². The van der Waals surface area contributed by atoms with Crippen LogP contribution < -0.4 is 0 Å². The molecule has 4 heteroatoms.